The van der Waals surface area contributed by atoms with Crippen molar-refractivity contribution in [1.29, 1.82) is 0 Å². The molecular weight excluding hydrogens is 408 g/mol. The molecule has 4 rings (SSSR count). The van der Waals surface area contributed by atoms with E-state index in [-0.39, 0.29) is 23.4 Å². The van der Waals surface area contributed by atoms with Crippen molar-refractivity contribution in [2.24, 2.45) is 11.8 Å². The molecule has 1 N–H and O–H groups in total. The summed E-state index contributed by atoms with van der Waals surface area (Å²) in [5, 5.41) is 3.50. The van der Waals surface area contributed by atoms with Crippen LogP contribution < -0.4 is 9.62 Å². The number of nitrogens with zero attached hydrogens (tertiary/aromatic N) is 1. The van der Waals surface area contributed by atoms with Crippen LogP contribution in [0.1, 0.15) is 31.2 Å². The zero-order valence-corrected chi connectivity index (χ0v) is 17.9. The predicted molar refractivity (Wildman–Crippen MR) is 115 cm³/mol. The normalized spacial score (nSPS) is 23.2. The highest BCUT2D eigenvalue weighted by molar-refractivity contribution is 7.92. The molecule has 29 heavy (non-hydrogen) atoms. The Labute approximate surface area is 177 Å². The van der Waals surface area contributed by atoms with Crippen LogP contribution in [0, 0.1) is 18.8 Å². The van der Waals surface area contributed by atoms with E-state index in [9.17, 15) is 13.2 Å². The molecule has 2 aromatic rings. The van der Waals surface area contributed by atoms with Crippen molar-refractivity contribution in [3.05, 3.63) is 59.1 Å². The molecule has 5 nitrogen and oxygen atoms in total. The number of sulfonamides is 1. The molecule has 0 radical (unpaired) electrons. The van der Waals surface area contributed by atoms with Gasteiger partial charge in [-0.1, -0.05) is 41.8 Å². The van der Waals surface area contributed by atoms with Crippen LogP contribution in [0.2, 0.25) is 5.02 Å². The Morgan fingerprint density at radius 2 is 1.90 bits per heavy atom. The first-order chi connectivity index (χ1) is 13.8. The Morgan fingerprint density at radius 3 is 2.52 bits per heavy atom. The number of halogens is 1. The molecule has 1 amide bonds. The fraction of sp³-hybridized carbons (Fsp3) is 0.409. The van der Waals surface area contributed by atoms with Crippen molar-refractivity contribution in [1.82, 2.24) is 5.32 Å². The number of carbonyl (C=O) groups is 1. The van der Waals surface area contributed by atoms with Gasteiger partial charge >= 0.3 is 0 Å². The first kappa shape index (κ1) is 20.2. The van der Waals surface area contributed by atoms with E-state index in [4.69, 9.17) is 11.6 Å². The maximum atomic E-state index is 13.4. The van der Waals surface area contributed by atoms with Gasteiger partial charge in [0.15, 0.2) is 0 Å². The molecular formula is C22H25ClN2O3S. The molecule has 2 saturated carbocycles. The molecule has 2 bridgehead atoms. The molecule has 2 fully saturated rings. The van der Waals surface area contributed by atoms with Gasteiger partial charge in [0.25, 0.3) is 10.0 Å². The van der Waals surface area contributed by atoms with Crippen LogP contribution in [0.25, 0.3) is 0 Å². The summed E-state index contributed by atoms with van der Waals surface area (Å²) in [5.74, 6) is 0.945. The van der Waals surface area contributed by atoms with E-state index >= 15 is 0 Å². The SMILES string of the molecule is Cc1ccc(S(=O)(=O)N(CC(=O)N[C@@H]2C[C@H]3CC[C@@H]2C3)c2cccc(Cl)c2)cc1. The Bertz CT molecular complexity index is 1010. The number of hydrogen-bond donors (Lipinski definition) is 1. The highest BCUT2D eigenvalue weighted by Gasteiger charge is 2.40. The van der Waals surface area contributed by atoms with Gasteiger partial charge in [0.2, 0.25) is 5.91 Å². The molecule has 2 aliphatic rings. The minimum atomic E-state index is -3.91. The fourth-order valence-electron chi connectivity index (χ4n) is 4.59. The van der Waals surface area contributed by atoms with Gasteiger partial charge in [-0.25, -0.2) is 8.42 Å². The van der Waals surface area contributed by atoms with Gasteiger partial charge in [0, 0.05) is 11.1 Å². The molecule has 2 aliphatic carbocycles. The van der Waals surface area contributed by atoms with Crippen molar-refractivity contribution < 1.29 is 13.2 Å². The first-order valence-electron chi connectivity index (χ1n) is 9.97. The van der Waals surface area contributed by atoms with E-state index in [1.165, 1.54) is 12.8 Å². The number of rotatable bonds is 6. The first-order valence-corrected chi connectivity index (χ1v) is 11.8. The van der Waals surface area contributed by atoms with E-state index in [2.05, 4.69) is 5.32 Å². The summed E-state index contributed by atoms with van der Waals surface area (Å²) in [6, 6.07) is 13.4. The minimum Gasteiger partial charge on any atom is -0.352 e. The highest BCUT2D eigenvalue weighted by atomic mass is 35.5. The van der Waals surface area contributed by atoms with Crippen molar-refractivity contribution in [2.45, 2.75) is 43.5 Å². The summed E-state index contributed by atoms with van der Waals surface area (Å²) in [6.07, 6.45) is 4.56. The van der Waals surface area contributed by atoms with Gasteiger partial charge in [-0.15, -0.1) is 0 Å². The third-order valence-corrected chi connectivity index (χ3v) is 8.10. The maximum absolute atomic E-state index is 13.4. The van der Waals surface area contributed by atoms with Crippen molar-refractivity contribution in [3.8, 4) is 0 Å². The monoisotopic (exact) mass is 432 g/mol. The Hall–Kier alpha value is -2.05. The maximum Gasteiger partial charge on any atom is 0.264 e. The van der Waals surface area contributed by atoms with Crippen molar-refractivity contribution in [3.63, 3.8) is 0 Å². The van der Waals surface area contributed by atoms with E-state index in [0.29, 0.717) is 22.5 Å². The van der Waals surface area contributed by atoms with Gasteiger partial charge in [-0.3, -0.25) is 9.10 Å². The Balaban J connectivity index is 1.60. The highest BCUT2D eigenvalue weighted by Crippen LogP contribution is 2.44. The van der Waals surface area contributed by atoms with Gasteiger partial charge in [0.1, 0.15) is 6.54 Å². The molecule has 0 unspecified atom stereocenters. The van der Waals surface area contributed by atoms with Crippen molar-refractivity contribution in [2.75, 3.05) is 10.8 Å². The number of anilines is 1. The van der Waals surface area contributed by atoms with Gasteiger partial charge in [0.05, 0.1) is 10.6 Å². The Kier molecular flexibility index (Phi) is 5.58. The molecule has 0 spiro atoms. The lowest BCUT2D eigenvalue weighted by Crippen LogP contribution is -2.46. The summed E-state index contributed by atoms with van der Waals surface area (Å²) in [5.41, 5.74) is 1.34. The second-order valence-corrected chi connectivity index (χ2v) is 10.5. The second kappa shape index (κ2) is 8.00. The number of fused-ring (bicyclic) bond motifs is 2. The summed E-state index contributed by atoms with van der Waals surface area (Å²) in [4.78, 5) is 13.0. The topological polar surface area (TPSA) is 66.5 Å². The predicted octanol–water partition coefficient (Wildman–Crippen LogP) is 4.15. The number of aryl methyl sites for hydroxylation is 1. The largest absolute Gasteiger partial charge is 0.352 e. The van der Waals surface area contributed by atoms with Gasteiger partial charge < -0.3 is 5.32 Å². The van der Waals surface area contributed by atoms with Crippen LogP contribution in [-0.2, 0) is 14.8 Å². The molecule has 0 heterocycles. The van der Waals surface area contributed by atoms with E-state index in [1.807, 2.05) is 6.92 Å². The molecule has 0 aromatic heterocycles. The fourth-order valence-corrected chi connectivity index (χ4v) is 6.19. The zero-order chi connectivity index (χ0) is 20.6. The van der Waals surface area contributed by atoms with Crippen LogP contribution in [0.3, 0.4) is 0 Å². The average Bonchev–Trinajstić information content (AvgIpc) is 3.29. The zero-order valence-electron chi connectivity index (χ0n) is 16.3. The summed E-state index contributed by atoms with van der Waals surface area (Å²) >= 11 is 6.10. The van der Waals surface area contributed by atoms with Gasteiger partial charge in [-0.2, -0.15) is 0 Å². The lowest BCUT2D eigenvalue weighted by atomic mass is 9.95. The molecule has 154 valence electrons. The number of amides is 1. The quantitative estimate of drug-likeness (QED) is 0.745. The van der Waals surface area contributed by atoms with E-state index in [1.54, 1.807) is 48.5 Å². The number of carbonyl (C=O) groups excluding carboxylic acids is 1. The molecule has 2 aromatic carbocycles. The summed E-state index contributed by atoms with van der Waals surface area (Å²) in [7, 11) is -3.91. The number of hydrogen-bond acceptors (Lipinski definition) is 3. The van der Waals surface area contributed by atoms with E-state index in [0.717, 1.165) is 22.7 Å². The second-order valence-electron chi connectivity index (χ2n) is 8.15. The Morgan fingerprint density at radius 1 is 1.14 bits per heavy atom. The van der Waals surface area contributed by atoms with Crippen LogP contribution in [0.15, 0.2) is 53.4 Å². The van der Waals surface area contributed by atoms with Crippen molar-refractivity contribution >= 4 is 33.2 Å². The molecule has 0 saturated heterocycles. The molecule has 0 aliphatic heterocycles. The minimum absolute atomic E-state index is 0.149. The lowest BCUT2D eigenvalue weighted by molar-refractivity contribution is -0.120. The summed E-state index contributed by atoms with van der Waals surface area (Å²) < 4.78 is 27.9. The number of nitrogens with one attached hydrogen (secondary N) is 1. The summed E-state index contributed by atoms with van der Waals surface area (Å²) in [6.45, 7) is 1.62. The van der Waals surface area contributed by atoms with Crippen LogP contribution in [0.5, 0.6) is 0 Å². The molecule has 7 heteroatoms. The average molecular weight is 433 g/mol. The lowest BCUT2D eigenvalue weighted by Gasteiger charge is -2.27. The smallest absolute Gasteiger partial charge is 0.264 e. The third kappa shape index (κ3) is 4.28. The molecule has 3 atom stereocenters. The van der Waals surface area contributed by atoms with Gasteiger partial charge in [-0.05, 0) is 68.4 Å². The van der Waals surface area contributed by atoms with Crippen LogP contribution >= 0.6 is 11.6 Å². The number of benzene rings is 2. The van der Waals surface area contributed by atoms with Crippen LogP contribution in [-0.4, -0.2) is 26.9 Å². The van der Waals surface area contributed by atoms with E-state index < -0.39 is 10.0 Å². The third-order valence-electron chi connectivity index (χ3n) is 6.08. The standard InChI is InChI=1S/C22H25ClN2O3S/c1-15-5-9-20(10-6-15)29(27,28)25(19-4-2-3-18(23)13-19)14-22(26)24-21-12-16-7-8-17(21)11-16/h2-6,9-10,13,16-17,21H,7-8,11-12,14H2,1H3,(H,24,26)/t16-,17+,21+/m0/s1. The van der Waals surface area contributed by atoms with Crippen LogP contribution in [0.4, 0.5) is 5.69 Å².